The summed E-state index contributed by atoms with van der Waals surface area (Å²) in [6, 6.07) is 13.7. The molecule has 0 aromatic heterocycles. The van der Waals surface area contributed by atoms with Crippen molar-refractivity contribution in [2.24, 2.45) is 0 Å². The van der Waals surface area contributed by atoms with E-state index < -0.39 is 5.91 Å². The number of nitrogens with one attached hydrogen (secondary N) is 2. The number of rotatable bonds is 5. The molecule has 0 saturated heterocycles. The van der Waals surface area contributed by atoms with Gasteiger partial charge in [0.1, 0.15) is 5.75 Å². The molecule has 0 aliphatic heterocycles. The van der Waals surface area contributed by atoms with Gasteiger partial charge in [-0.2, -0.15) is 0 Å². The maximum Gasteiger partial charge on any atom is 0.269 e. The monoisotopic (exact) mass is 350 g/mol. The molecule has 0 spiro atoms. The summed E-state index contributed by atoms with van der Waals surface area (Å²) >= 11 is 7.11. The lowest BCUT2D eigenvalue weighted by Gasteiger charge is -2.07. The number of halogens is 1. The Hall–Kier alpha value is -2.18. The Kier molecular flexibility index (Phi) is 6.31. The molecule has 0 fully saturated rings. The van der Waals surface area contributed by atoms with Crippen LogP contribution in [-0.2, 0) is 4.79 Å². The number of thioether (sulfide) groups is 1. The average molecular weight is 351 g/mol. The first-order valence-electron chi connectivity index (χ1n) is 6.70. The molecule has 23 heavy (non-hydrogen) atoms. The fourth-order valence-corrected chi connectivity index (χ4v) is 2.48. The topological polar surface area (TPSA) is 67.4 Å². The molecule has 2 N–H and O–H groups in total. The van der Waals surface area contributed by atoms with Gasteiger partial charge in [0.15, 0.2) is 0 Å². The lowest BCUT2D eigenvalue weighted by molar-refractivity contribution is -0.119. The predicted molar refractivity (Wildman–Crippen MR) is 90.8 cm³/mol. The van der Waals surface area contributed by atoms with Crippen LogP contribution in [0.1, 0.15) is 10.4 Å². The molecule has 2 aromatic rings. The summed E-state index contributed by atoms with van der Waals surface area (Å²) < 4.78 is 5.06. The zero-order valence-corrected chi connectivity index (χ0v) is 13.9. The van der Waals surface area contributed by atoms with E-state index in [9.17, 15) is 9.59 Å². The molecular weight excluding hydrogens is 336 g/mol. The van der Waals surface area contributed by atoms with Crippen molar-refractivity contribution in [3.8, 4) is 5.75 Å². The first-order valence-corrected chi connectivity index (χ1v) is 8.06. The van der Waals surface area contributed by atoms with Crippen molar-refractivity contribution in [1.29, 1.82) is 0 Å². The fourth-order valence-electron chi connectivity index (χ4n) is 1.66. The second-order valence-corrected chi connectivity index (χ2v) is 5.96. The Balaban J connectivity index is 1.76. The smallest absolute Gasteiger partial charge is 0.269 e. The van der Waals surface area contributed by atoms with E-state index in [1.165, 1.54) is 11.8 Å². The largest absolute Gasteiger partial charge is 0.497 e. The first kappa shape index (κ1) is 17.2. The summed E-state index contributed by atoms with van der Waals surface area (Å²) in [6.07, 6.45) is 0. The van der Waals surface area contributed by atoms with Gasteiger partial charge in [-0.15, -0.1) is 11.8 Å². The van der Waals surface area contributed by atoms with Crippen LogP contribution in [0.2, 0.25) is 5.02 Å². The zero-order chi connectivity index (χ0) is 16.7. The van der Waals surface area contributed by atoms with E-state index in [0.717, 1.165) is 10.6 Å². The fraction of sp³-hybridized carbons (Fsp3) is 0.125. The summed E-state index contributed by atoms with van der Waals surface area (Å²) in [5.74, 6) is 0.249. The summed E-state index contributed by atoms with van der Waals surface area (Å²) in [7, 11) is 1.60. The highest BCUT2D eigenvalue weighted by Crippen LogP contribution is 2.20. The Labute approximate surface area is 143 Å². The maximum absolute atomic E-state index is 11.8. The third-order valence-corrected chi connectivity index (χ3v) is 4.12. The summed E-state index contributed by atoms with van der Waals surface area (Å²) in [4.78, 5) is 24.5. The SMILES string of the molecule is COc1ccc(SCC(=O)NNC(=O)c2ccc(Cl)cc2)cc1. The van der Waals surface area contributed by atoms with Crippen molar-refractivity contribution in [2.75, 3.05) is 12.9 Å². The average Bonchev–Trinajstić information content (AvgIpc) is 2.59. The van der Waals surface area contributed by atoms with E-state index in [4.69, 9.17) is 16.3 Å². The number of hydrogen-bond donors (Lipinski definition) is 2. The van der Waals surface area contributed by atoms with Gasteiger partial charge < -0.3 is 4.74 Å². The second-order valence-electron chi connectivity index (χ2n) is 4.47. The van der Waals surface area contributed by atoms with Crippen molar-refractivity contribution in [3.63, 3.8) is 0 Å². The summed E-state index contributed by atoms with van der Waals surface area (Å²) in [5, 5.41) is 0.543. The highest BCUT2D eigenvalue weighted by molar-refractivity contribution is 8.00. The van der Waals surface area contributed by atoms with Crippen molar-refractivity contribution in [1.82, 2.24) is 10.9 Å². The van der Waals surface area contributed by atoms with Gasteiger partial charge in [-0.05, 0) is 48.5 Å². The lowest BCUT2D eigenvalue weighted by atomic mass is 10.2. The highest BCUT2D eigenvalue weighted by Gasteiger charge is 2.07. The van der Waals surface area contributed by atoms with Crippen LogP contribution >= 0.6 is 23.4 Å². The molecule has 0 bridgehead atoms. The van der Waals surface area contributed by atoms with Gasteiger partial charge in [0.25, 0.3) is 5.91 Å². The number of ether oxygens (including phenoxy) is 1. The van der Waals surface area contributed by atoms with Gasteiger partial charge in [0.2, 0.25) is 5.91 Å². The van der Waals surface area contributed by atoms with E-state index in [1.807, 2.05) is 24.3 Å². The number of hydrogen-bond acceptors (Lipinski definition) is 4. The zero-order valence-electron chi connectivity index (χ0n) is 12.3. The summed E-state index contributed by atoms with van der Waals surface area (Å²) in [6.45, 7) is 0. The van der Waals surface area contributed by atoms with Crippen LogP contribution in [0.4, 0.5) is 0 Å². The number of amides is 2. The minimum atomic E-state index is -0.399. The minimum absolute atomic E-state index is 0.188. The third kappa shape index (κ3) is 5.50. The molecule has 0 aliphatic rings. The van der Waals surface area contributed by atoms with Crippen LogP contribution in [0.25, 0.3) is 0 Å². The van der Waals surface area contributed by atoms with Crippen molar-refractivity contribution in [3.05, 3.63) is 59.1 Å². The van der Waals surface area contributed by atoms with Crippen LogP contribution in [-0.4, -0.2) is 24.7 Å². The molecule has 0 atom stereocenters. The lowest BCUT2D eigenvalue weighted by Crippen LogP contribution is -2.42. The van der Waals surface area contributed by atoms with Gasteiger partial charge in [-0.3, -0.25) is 20.4 Å². The van der Waals surface area contributed by atoms with Gasteiger partial charge in [0.05, 0.1) is 12.9 Å². The maximum atomic E-state index is 11.8. The van der Waals surface area contributed by atoms with Crippen molar-refractivity contribution >= 4 is 35.2 Å². The van der Waals surface area contributed by atoms with Gasteiger partial charge >= 0.3 is 0 Å². The summed E-state index contributed by atoms with van der Waals surface area (Å²) in [5.41, 5.74) is 5.14. The van der Waals surface area contributed by atoms with Crippen molar-refractivity contribution in [2.45, 2.75) is 4.90 Å². The van der Waals surface area contributed by atoms with E-state index >= 15 is 0 Å². The molecular formula is C16H15ClN2O3S. The number of methoxy groups -OCH3 is 1. The molecule has 2 rings (SSSR count). The number of benzene rings is 2. The standard InChI is InChI=1S/C16H15ClN2O3S/c1-22-13-6-8-14(9-7-13)23-10-15(20)18-19-16(21)11-2-4-12(17)5-3-11/h2-9H,10H2,1H3,(H,18,20)(H,19,21). The quantitative estimate of drug-likeness (QED) is 0.642. The van der Waals surface area contributed by atoms with Crippen LogP contribution in [0.15, 0.2) is 53.4 Å². The molecule has 0 unspecified atom stereocenters. The minimum Gasteiger partial charge on any atom is -0.497 e. The molecule has 0 radical (unpaired) electrons. The Bertz CT molecular complexity index is 675. The van der Waals surface area contributed by atoms with Crippen LogP contribution in [0.5, 0.6) is 5.75 Å². The molecule has 0 saturated carbocycles. The normalized spacial score (nSPS) is 10.0. The molecule has 7 heteroatoms. The number of carbonyl (C=O) groups is 2. The van der Waals surface area contributed by atoms with Gasteiger partial charge in [0, 0.05) is 15.5 Å². The van der Waals surface area contributed by atoms with Crippen LogP contribution in [0.3, 0.4) is 0 Å². The molecule has 2 aromatic carbocycles. The van der Waals surface area contributed by atoms with Crippen molar-refractivity contribution < 1.29 is 14.3 Å². The first-order chi connectivity index (χ1) is 11.1. The molecule has 5 nitrogen and oxygen atoms in total. The third-order valence-electron chi connectivity index (χ3n) is 2.85. The highest BCUT2D eigenvalue weighted by atomic mass is 35.5. The molecule has 0 heterocycles. The van der Waals surface area contributed by atoms with Gasteiger partial charge in [-0.25, -0.2) is 0 Å². The van der Waals surface area contributed by atoms with E-state index in [-0.39, 0.29) is 11.7 Å². The van der Waals surface area contributed by atoms with Crippen LogP contribution in [0, 0.1) is 0 Å². The van der Waals surface area contributed by atoms with E-state index in [2.05, 4.69) is 10.9 Å². The number of carbonyl (C=O) groups excluding carboxylic acids is 2. The molecule has 120 valence electrons. The Morgan fingerprint density at radius 2 is 1.70 bits per heavy atom. The molecule has 2 amide bonds. The Morgan fingerprint density at radius 3 is 2.30 bits per heavy atom. The van der Waals surface area contributed by atoms with E-state index in [0.29, 0.717) is 10.6 Å². The Morgan fingerprint density at radius 1 is 1.04 bits per heavy atom. The second kappa shape index (κ2) is 8.45. The number of hydrazine groups is 1. The van der Waals surface area contributed by atoms with Crippen LogP contribution < -0.4 is 15.6 Å². The van der Waals surface area contributed by atoms with E-state index in [1.54, 1.807) is 31.4 Å². The molecule has 0 aliphatic carbocycles. The van der Waals surface area contributed by atoms with Gasteiger partial charge in [-0.1, -0.05) is 11.6 Å². The predicted octanol–water partition coefficient (Wildman–Crippen LogP) is 2.90.